The molecule has 0 aliphatic heterocycles. The van der Waals surface area contributed by atoms with Crippen LogP contribution in [-0.2, 0) is 0 Å². The molecule has 0 saturated heterocycles. The van der Waals surface area contributed by atoms with Gasteiger partial charge in [-0.15, -0.1) is 22.2 Å². The molecule has 0 radical (unpaired) electrons. The molecule has 0 nitrogen and oxygen atoms in total. The van der Waals surface area contributed by atoms with Gasteiger partial charge in [0.1, 0.15) is 0 Å². The number of rotatable bonds is 2. The summed E-state index contributed by atoms with van der Waals surface area (Å²) in [5, 5.41) is 3.72. The summed E-state index contributed by atoms with van der Waals surface area (Å²) in [6.07, 6.45) is 0. The van der Waals surface area contributed by atoms with Gasteiger partial charge in [-0.3, -0.25) is 0 Å². The lowest BCUT2D eigenvalue weighted by Crippen LogP contribution is -2.34. The van der Waals surface area contributed by atoms with Crippen LogP contribution < -0.4 is 5.19 Å². The third-order valence-electron chi connectivity index (χ3n) is 3.30. The second-order valence-corrected chi connectivity index (χ2v) is 11.9. The molecule has 0 aromatic heterocycles. The molecule has 0 fully saturated rings. The van der Waals surface area contributed by atoms with E-state index in [2.05, 4.69) is 48.5 Å². The Labute approximate surface area is 136 Å². The van der Waals surface area contributed by atoms with E-state index < -0.39 is 6.69 Å². The number of halogens is 2. The quantitative estimate of drug-likeness (QED) is 0.418. The zero-order valence-corrected chi connectivity index (χ0v) is 14.5. The lowest BCUT2D eigenvalue weighted by Gasteiger charge is -2.13. The minimum Gasteiger partial charge on any atom is -0.140 e. The van der Waals surface area contributed by atoms with E-state index in [1.54, 1.807) is 0 Å². The molecule has 0 spiro atoms. The predicted molar refractivity (Wildman–Crippen MR) is 98.0 cm³/mol. The average molecular weight is 333 g/mol. The van der Waals surface area contributed by atoms with E-state index in [0.29, 0.717) is 0 Å². The fraction of sp³-hybridized carbons (Fsp3) is 0.111. The van der Waals surface area contributed by atoms with Crippen molar-refractivity contribution >= 4 is 44.8 Å². The summed E-state index contributed by atoms with van der Waals surface area (Å²) in [5.41, 5.74) is 0. The van der Waals surface area contributed by atoms with Crippen molar-refractivity contribution in [1.29, 1.82) is 0 Å². The monoisotopic (exact) mass is 332 g/mol. The number of hydrogen-bond acceptors (Lipinski definition) is 0. The second kappa shape index (κ2) is 7.65. The van der Waals surface area contributed by atoms with Crippen molar-refractivity contribution in [2.45, 2.75) is 13.0 Å². The summed E-state index contributed by atoms with van der Waals surface area (Å²) in [6, 6.07) is 27.5. The number of fused-ring (bicyclic) bond motifs is 1. The molecule has 108 valence electrons. The van der Waals surface area contributed by atoms with E-state index in [0.717, 1.165) is 11.2 Å². The largest absolute Gasteiger partial charge is 0.280 e. The van der Waals surface area contributed by atoms with Crippen molar-refractivity contribution in [3.63, 3.8) is 0 Å². The van der Waals surface area contributed by atoms with Crippen LogP contribution in [-0.4, -0.2) is 6.69 Å². The van der Waals surface area contributed by atoms with Crippen molar-refractivity contribution < 1.29 is 0 Å². The third kappa shape index (κ3) is 4.60. The molecule has 0 saturated carbocycles. The molecule has 0 aliphatic carbocycles. The van der Waals surface area contributed by atoms with Crippen LogP contribution in [0.15, 0.2) is 78.9 Å². The van der Waals surface area contributed by atoms with Crippen molar-refractivity contribution in [3.05, 3.63) is 78.9 Å². The molecule has 3 rings (SSSR count). The second-order valence-electron chi connectivity index (χ2n) is 4.77. The summed E-state index contributed by atoms with van der Waals surface area (Å²) in [5.74, 6) is 0. The lowest BCUT2D eigenvalue weighted by atomic mass is 10.1. The highest BCUT2D eigenvalue weighted by atomic mass is 35.7. The van der Waals surface area contributed by atoms with Gasteiger partial charge in [-0.1, -0.05) is 85.8 Å². The van der Waals surface area contributed by atoms with Gasteiger partial charge in [0.15, 0.2) is 0 Å². The Hall–Kier alpha value is -1.28. The molecular weight excluding hydrogens is 315 g/mol. The zero-order chi connectivity index (χ0) is 15.1. The van der Waals surface area contributed by atoms with Gasteiger partial charge in [-0.25, -0.2) is 0 Å². The highest BCUT2D eigenvalue weighted by Gasteiger charge is 2.27. The normalized spacial score (nSPS) is 10.8. The maximum absolute atomic E-state index is 6.15. The Morgan fingerprint density at radius 1 is 0.667 bits per heavy atom. The zero-order valence-electron chi connectivity index (χ0n) is 12.0. The van der Waals surface area contributed by atoms with Gasteiger partial charge in [0.2, 0.25) is 0 Å². The van der Waals surface area contributed by atoms with Gasteiger partial charge >= 0.3 is 0 Å². The first-order valence-corrected chi connectivity index (χ1v) is 11.2. The molecule has 0 heterocycles. The topological polar surface area (TPSA) is 0 Å². The minimum absolute atomic E-state index is 0.861. The summed E-state index contributed by atoms with van der Waals surface area (Å²) in [7, 11) is 0. The number of benzene rings is 3. The van der Waals surface area contributed by atoms with Crippen LogP contribution in [0.25, 0.3) is 10.8 Å². The number of hydrogen-bond donors (Lipinski definition) is 0. The minimum atomic E-state index is -2.11. The van der Waals surface area contributed by atoms with E-state index in [4.69, 9.17) is 22.2 Å². The molecule has 0 aliphatic rings. The molecule has 0 amide bonds. The Morgan fingerprint density at radius 3 is 1.43 bits per heavy atom. The summed E-state index contributed by atoms with van der Waals surface area (Å²) in [4.78, 5) is 0. The van der Waals surface area contributed by atoms with Gasteiger partial charge in [0.05, 0.1) is 0 Å². The van der Waals surface area contributed by atoms with Crippen LogP contribution >= 0.6 is 22.2 Å². The van der Waals surface area contributed by atoms with Gasteiger partial charge in [0.25, 0.3) is 6.69 Å². The highest BCUT2D eigenvalue weighted by Crippen LogP contribution is 2.19. The Morgan fingerprint density at radius 2 is 1.05 bits per heavy atom. The lowest BCUT2D eigenvalue weighted by molar-refractivity contribution is 1.44. The molecule has 3 aromatic rings. The molecule has 0 N–H and O–H groups in total. The van der Waals surface area contributed by atoms with Crippen molar-refractivity contribution in [3.8, 4) is 0 Å². The van der Waals surface area contributed by atoms with Crippen LogP contribution in [0.1, 0.15) is 6.92 Å². The maximum Gasteiger partial charge on any atom is 0.280 e. The van der Waals surface area contributed by atoms with Crippen molar-refractivity contribution in [2.24, 2.45) is 0 Å². The fourth-order valence-corrected chi connectivity index (χ4v) is 3.86. The summed E-state index contributed by atoms with van der Waals surface area (Å²) in [6.45, 7) is -0.0819. The molecule has 0 unspecified atom stereocenters. The Bertz CT molecular complexity index is 615. The average Bonchev–Trinajstić information content (AvgIpc) is 2.56. The van der Waals surface area contributed by atoms with Gasteiger partial charge < -0.3 is 0 Å². The highest BCUT2D eigenvalue weighted by molar-refractivity contribution is 7.50. The van der Waals surface area contributed by atoms with Crippen LogP contribution in [0.3, 0.4) is 0 Å². The molecule has 3 aromatic carbocycles. The van der Waals surface area contributed by atoms with E-state index in [-0.39, 0.29) is 0 Å². The van der Waals surface area contributed by atoms with E-state index in [9.17, 15) is 0 Å². The van der Waals surface area contributed by atoms with Crippen LogP contribution in [0.5, 0.6) is 0 Å². The molecular formula is C18H18Cl2Si. The standard InChI is InChI=1S/C10H8.C8H10Cl2Si/c1-2-6-10-8-4-3-7-9(10)5-1;1-2-11(9,10)8-6-4-3-5-7-8/h1-8H;3-7H,2H2,1H3. The van der Waals surface area contributed by atoms with Gasteiger partial charge in [-0.2, -0.15) is 0 Å². The SMILES string of the molecule is CC[Si](Cl)(Cl)c1ccccc1.c1ccc2ccccc2c1. The van der Waals surface area contributed by atoms with Crippen LogP contribution in [0, 0.1) is 0 Å². The van der Waals surface area contributed by atoms with Crippen molar-refractivity contribution in [2.75, 3.05) is 0 Å². The first-order valence-electron chi connectivity index (χ1n) is 7.00. The smallest absolute Gasteiger partial charge is 0.140 e. The third-order valence-corrected chi connectivity index (χ3v) is 8.28. The fourth-order valence-electron chi connectivity index (χ4n) is 2.02. The summed E-state index contributed by atoms with van der Waals surface area (Å²) < 4.78 is 0. The molecule has 3 heteroatoms. The molecule has 21 heavy (non-hydrogen) atoms. The maximum atomic E-state index is 6.15. The first-order chi connectivity index (χ1) is 10.1. The van der Waals surface area contributed by atoms with Gasteiger partial charge in [0, 0.05) is 0 Å². The van der Waals surface area contributed by atoms with Crippen LogP contribution in [0.2, 0.25) is 6.04 Å². The van der Waals surface area contributed by atoms with Crippen LogP contribution in [0.4, 0.5) is 0 Å². The molecule has 0 bridgehead atoms. The van der Waals surface area contributed by atoms with E-state index in [1.165, 1.54) is 10.8 Å². The van der Waals surface area contributed by atoms with Gasteiger partial charge in [-0.05, 0) is 22.0 Å². The predicted octanol–water partition coefficient (Wildman–Crippen LogP) is 5.67. The first kappa shape index (κ1) is 16.1. The Kier molecular flexibility index (Phi) is 5.86. The van der Waals surface area contributed by atoms with E-state index in [1.807, 2.05) is 37.3 Å². The molecule has 0 atom stereocenters. The van der Waals surface area contributed by atoms with Crippen molar-refractivity contribution in [1.82, 2.24) is 0 Å². The van der Waals surface area contributed by atoms with E-state index >= 15 is 0 Å². The summed E-state index contributed by atoms with van der Waals surface area (Å²) >= 11 is 12.3. The Balaban J connectivity index is 0.000000154.